The summed E-state index contributed by atoms with van der Waals surface area (Å²) in [5, 5.41) is 0.524. The van der Waals surface area contributed by atoms with Gasteiger partial charge >= 0.3 is 0 Å². The predicted molar refractivity (Wildman–Crippen MR) is 66.4 cm³/mol. The zero-order chi connectivity index (χ0) is 10.7. The molecule has 0 aromatic heterocycles. The minimum Gasteiger partial charge on any atom is -0.490 e. The molecule has 0 bridgehead atoms. The van der Waals surface area contributed by atoms with E-state index in [1.165, 1.54) is 0 Å². The van der Waals surface area contributed by atoms with Crippen LogP contribution in [0.5, 0.6) is 0 Å². The summed E-state index contributed by atoms with van der Waals surface area (Å²) in [4.78, 5) is 12.1. The van der Waals surface area contributed by atoms with Crippen LogP contribution in [0.1, 0.15) is 19.8 Å². The average molecular weight is 244 g/mol. The van der Waals surface area contributed by atoms with Gasteiger partial charge in [0.25, 0.3) is 0 Å². The molecule has 0 amide bonds. The highest BCUT2D eigenvalue weighted by Crippen LogP contribution is 2.33. The molecule has 0 spiro atoms. The van der Waals surface area contributed by atoms with Crippen molar-refractivity contribution in [3.8, 4) is 0 Å². The summed E-state index contributed by atoms with van der Waals surface area (Å²) in [6.07, 6.45) is 3.98. The first-order chi connectivity index (χ1) is 7.29. The Labute approximate surface area is 99.2 Å². The molecule has 2 rings (SSSR count). The summed E-state index contributed by atoms with van der Waals surface area (Å²) >= 11 is 3.68. The largest absolute Gasteiger partial charge is 0.490 e. The molecule has 2 aliphatic heterocycles. The van der Waals surface area contributed by atoms with E-state index in [1.807, 2.05) is 17.8 Å². The van der Waals surface area contributed by atoms with Crippen molar-refractivity contribution < 1.29 is 9.53 Å². The van der Waals surface area contributed by atoms with Gasteiger partial charge in [-0.15, -0.1) is 11.8 Å². The molecule has 0 aromatic rings. The number of allylic oxidation sites excluding steroid dienone is 2. The Morgan fingerprint density at radius 3 is 2.93 bits per heavy atom. The molecule has 2 unspecified atom stereocenters. The van der Waals surface area contributed by atoms with Crippen molar-refractivity contribution in [2.75, 3.05) is 18.1 Å². The molecule has 4 heteroatoms. The summed E-state index contributed by atoms with van der Waals surface area (Å²) in [6, 6.07) is 0. The zero-order valence-corrected chi connectivity index (χ0v) is 10.5. The van der Waals surface area contributed by atoms with Gasteiger partial charge in [-0.1, -0.05) is 6.92 Å². The lowest BCUT2D eigenvalue weighted by atomic mass is 10.1. The van der Waals surface area contributed by atoms with Gasteiger partial charge in [-0.2, -0.15) is 11.8 Å². The number of ether oxygens (including phenoxy) is 1. The number of Topliss-reactive ketones (excluding diaryl/α,β-unsaturated/α-hetero) is 1. The Hall–Kier alpha value is -0.0900. The zero-order valence-electron chi connectivity index (χ0n) is 8.90. The van der Waals surface area contributed by atoms with Crippen LogP contribution in [0.2, 0.25) is 0 Å². The van der Waals surface area contributed by atoms with Crippen LogP contribution in [0.4, 0.5) is 0 Å². The fourth-order valence-electron chi connectivity index (χ4n) is 1.79. The maximum Gasteiger partial charge on any atom is 0.211 e. The Morgan fingerprint density at radius 2 is 2.27 bits per heavy atom. The van der Waals surface area contributed by atoms with Gasteiger partial charge in [0, 0.05) is 16.8 Å². The van der Waals surface area contributed by atoms with E-state index >= 15 is 0 Å². The Morgan fingerprint density at radius 1 is 1.47 bits per heavy atom. The third kappa shape index (κ3) is 2.72. The second kappa shape index (κ2) is 5.30. The molecule has 0 saturated carbocycles. The number of thioether (sulfide) groups is 2. The highest BCUT2D eigenvalue weighted by molar-refractivity contribution is 8.07. The van der Waals surface area contributed by atoms with Gasteiger partial charge in [0.05, 0.1) is 11.9 Å². The molecule has 15 heavy (non-hydrogen) atoms. The van der Waals surface area contributed by atoms with E-state index in [0.717, 1.165) is 24.3 Å². The van der Waals surface area contributed by atoms with Crippen LogP contribution >= 0.6 is 23.5 Å². The summed E-state index contributed by atoms with van der Waals surface area (Å²) in [5.74, 6) is 3.07. The SMILES string of the molecule is CC1SCCSC1C(=O)C1=CCCCO1. The van der Waals surface area contributed by atoms with Crippen LogP contribution < -0.4 is 0 Å². The molecule has 2 heterocycles. The minimum atomic E-state index is 0.105. The van der Waals surface area contributed by atoms with E-state index in [2.05, 4.69) is 6.92 Å². The van der Waals surface area contributed by atoms with E-state index in [0.29, 0.717) is 17.6 Å². The van der Waals surface area contributed by atoms with Crippen LogP contribution in [0, 0.1) is 0 Å². The van der Waals surface area contributed by atoms with E-state index in [4.69, 9.17) is 4.74 Å². The van der Waals surface area contributed by atoms with Gasteiger partial charge in [0.15, 0.2) is 5.76 Å². The number of hydrogen-bond acceptors (Lipinski definition) is 4. The first-order valence-electron chi connectivity index (χ1n) is 5.39. The summed E-state index contributed by atoms with van der Waals surface area (Å²) in [5.41, 5.74) is 0. The quantitative estimate of drug-likeness (QED) is 0.745. The Kier molecular flexibility index (Phi) is 4.03. The number of rotatable bonds is 2. The molecule has 0 aliphatic carbocycles. The third-order valence-corrected chi connectivity index (χ3v) is 5.71. The van der Waals surface area contributed by atoms with Crippen molar-refractivity contribution in [3.05, 3.63) is 11.8 Å². The van der Waals surface area contributed by atoms with Gasteiger partial charge < -0.3 is 4.74 Å². The molecule has 0 N–H and O–H groups in total. The van der Waals surface area contributed by atoms with Crippen LogP contribution in [-0.2, 0) is 9.53 Å². The van der Waals surface area contributed by atoms with Gasteiger partial charge in [-0.25, -0.2) is 0 Å². The van der Waals surface area contributed by atoms with Crippen molar-refractivity contribution in [1.82, 2.24) is 0 Å². The fourth-order valence-corrected chi connectivity index (χ4v) is 4.49. The standard InChI is InChI=1S/C11H16O2S2/c1-8-11(15-7-6-14-8)10(12)9-4-2-3-5-13-9/h4,8,11H,2-3,5-7H2,1H3. The maximum absolute atomic E-state index is 12.1. The molecule has 84 valence electrons. The second-order valence-corrected chi connectivity index (χ2v) is 6.53. The molecule has 1 fully saturated rings. The number of carbonyl (C=O) groups excluding carboxylic acids is 1. The minimum absolute atomic E-state index is 0.105. The van der Waals surface area contributed by atoms with Crippen LogP contribution in [-0.4, -0.2) is 34.4 Å². The molecule has 2 aliphatic rings. The van der Waals surface area contributed by atoms with Crippen molar-refractivity contribution in [2.45, 2.75) is 30.3 Å². The Balaban J connectivity index is 2.02. The summed E-state index contributed by atoms with van der Waals surface area (Å²) in [6.45, 7) is 2.85. The Bertz CT molecular complexity index is 276. The first kappa shape index (κ1) is 11.4. The highest BCUT2D eigenvalue weighted by atomic mass is 32.2. The van der Waals surface area contributed by atoms with Crippen molar-refractivity contribution in [3.63, 3.8) is 0 Å². The number of ketones is 1. The molecular weight excluding hydrogens is 228 g/mol. The van der Waals surface area contributed by atoms with Gasteiger partial charge in [0.2, 0.25) is 5.78 Å². The lowest BCUT2D eigenvalue weighted by Crippen LogP contribution is -2.33. The fraction of sp³-hybridized carbons (Fsp3) is 0.727. The second-order valence-electron chi connectivity index (χ2n) is 3.79. The van der Waals surface area contributed by atoms with E-state index in [9.17, 15) is 4.79 Å². The summed E-state index contributed by atoms with van der Waals surface area (Å²) in [7, 11) is 0. The highest BCUT2D eigenvalue weighted by Gasteiger charge is 2.32. The summed E-state index contributed by atoms with van der Waals surface area (Å²) < 4.78 is 5.43. The van der Waals surface area contributed by atoms with E-state index < -0.39 is 0 Å². The smallest absolute Gasteiger partial charge is 0.211 e. The monoisotopic (exact) mass is 244 g/mol. The molecule has 0 radical (unpaired) electrons. The van der Waals surface area contributed by atoms with Crippen LogP contribution in [0.3, 0.4) is 0 Å². The molecule has 1 saturated heterocycles. The van der Waals surface area contributed by atoms with Crippen LogP contribution in [0.15, 0.2) is 11.8 Å². The average Bonchev–Trinajstić information content (AvgIpc) is 2.30. The van der Waals surface area contributed by atoms with Crippen molar-refractivity contribution in [2.24, 2.45) is 0 Å². The van der Waals surface area contributed by atoms with Gasteiger partial charge in [0.1, 0.15) is 0 Å². The molecule has 2 atom stereocenters. The van der Waals surface area contributed by atoms with Gasteiger partial charge in [-0.05, 0) is 18.9 Å². The van der Waals surface area contributed by atoms with E-state index in [-0.39, 0.29) is 11.0 Å². The lowest BCUT2D eigenvalue weighted by Gasteiger charge is -2.27. The van der Waals surface area contributed by atoms with Crippen LogP contribution in [0.25, 0.3) is 0 Å². The van der Waals surface area contributed by atoms with Crippen molar-refractivity contribution in [1.29, 1.82) is 0 Å². The van der Waals surface area contributed by atoms with Crippen molar-refractivity contribution >= 4 is 29.3 Å². The van der Waals surface area contributed by atoms with Gasteiger partial charge in [-0.3, -0.25) is 4.79 Å². The number of carbonyl (C=O) groups is 1. The lowest BCUT2D eigenvalue weighted by molar-refractivity contribution is -0.118. The first-order valence-corrected chi connectivity index (χ1v) is 7.49. The number of hydrogen-bond donors (Lipinski definition) is 0. The maximum atomic E-state index is 12.1. The van der Waals surface area contributed by atoms with E-state index in [1.54, 1.807) is 11.8 Å². The molecular formula is C11H16O2S2. The molecule has 2 nitrogen and oxygen atoms in total. The topological polar surface area (TPSA) is 26.3 Å². The predicted octanol–water partition coefficient (Wildman–Crippen LogP) is 2.49. The third-order valence-electron chi connectivity index (χ3n) is 2.62. The normalized spacial score (nSPS) is 31.7. The molecule has 0 aromatic carbocycles.